The number of nitrogen functional groups attached to an aromatic ring is 1. The summed E-state index contributed by atoms with van der Waals surface area (Å²) >= 11 is 0. The number of benzene rings is 2. The number of hydrogen-bond donors (Lipinski definition) is 2. The van der Waals surface area contributed by atoms with E-state index in [1.54, 1.807) is 31.2 Å². The first-order valence-corrected chi connectivity index (χ1v) is 7.56. The fourth-order valence-corrected chi connectivity index (χ4v) is 3.37. The second kappa shape index (κ2) is 5.42. The molecule has 3 N–H and O–H groups in total. The highest BCUT2D eigenvalue weighted by Crippen LogP contribution is 2.26. The molecule has 0 radical (unpaired) electrons. The van der Waals surface area contributed by atoms with Crippen LogP contribution in [0.2, 0.25) is 0 Å². The van der Waals surface area contributed by atoms with Crippen LogP contribution < -0.4 is 10.0 Å². The Morgan fingerprint density at radius 1 is 1.15 bits per heavy atom. The summed E-state index contributed by atoms with van der Waals surface area (Å²) in [5.41, 5.74) is 6.49. The lowest BCUT2D eigenvalue weighted by Crippen LogP contribution is -2.30. The summed E-state index contributed by atoms with van der Waals surface area (Å²) in [6.07, 6.45) is 0. The van der Waals surface area contributed by atoms with Gasteiger partial charge in [-0.25, -0.2) is 8.42 Å². The molecular weight excluding hydrogens is 276 g/mol. The van der Waals surface area contributed by atoms with Crippen LogP contribution in [0.25, 0.3) is 0 Å². The van der Waals surface area contributed by atoms with Crippen LogP contribution in [-0.4, -0.2) is 20.1 Å². The Labute approximate surface area is 118 Å². The standard InChI is InChI=1S/C14H16N2O3S/c1-2-16(12-4-3-5-13(17)10-12)20(18,19)14-8-6-11(15)7-9-14/h3-10,17H,2,15H2,1H3. The molecule has 0 spiro atoms. The van der Waals surface area contributed by atoms with Gasteiger partial charge in [-0.3, -0.25) is 4.31 Å². The van der Waals surface area contributed by atoms with E-state index in [1.165, 1.54) is 28.6 Å². The molecule has 2 aromatic rings. The van der Waals surface area contributed by atoms with E-state index in [2.05, 4.69) is 0 Å². The van der Waals surface area contributed by atoms with Crippen molar-refractivity contribution < 1.29 is 13.5 Å². The molecule has 0 saturated carbocycles. The van der Waals surface area contributed by atoms with Gasteiger partial charge in [-0.05, 0) is 43.3 Å². The summed E-state index contributed by atoms with van der Waals surface area (Å²) in [4.78, 5) is 0.164. The van der Waals surface area contributed by atoms with Gasteiger partial charge < -0.3 is 10.8 Å². The molecule has 0 aromatic heterocycles. The van der Waals surface area contributed by atoms with Gasteiger partial charge in [0.1, 0.15) is 5.75 Å². The van der Waals surface area contributed by atoms with Crippen molar-refractivity contribution in [3.63, 3.8) is 0 Å². The molecule has 0 saturated heterocycles. The molecule has 0 aliphatic carbocycles. The van der Waals surface area contributed by atoms with E-state index in [4.69, 9.17) is 5.73 Å². The van der Waals surface area contributed by atoms with Crippen molar-refractivity contribution in [2.24, 2.45) is 0 Å². The summed E-state index contributed by atoms with van der Waals surface area (Å²) in [7, 11) is -3.67. The maximum absolute atomic E-state index is 12.6. The van der Waals surface area contributed by atoms with Crippen LogP contribution in [-0.2, 0) is 10.0 Å². The van der Waals surface area contributed by atoms with Crippen molar-refractivity contribution in [3.8, 4) is 5.75 Å². The van der Waals surface area contributed by atoms with Gasteiger partial charge in [0.2, 0.25) is 0 Å². The number of aromatic hydroxyl groups is 1. The molecule has 2 aromatic carbocycles. The summed E-state index contributed by atoms with van der Waals surface area (Å²) in [6, 6.07) is 12.2. The lowest BCUT2D eigenvalue weighted by Gasteiger charge is -2.23. The molecule has 5 nitrogen and oxygen atoms in total. The maximum Gasteiger partial charge on any atom is 0.264 e. The van der Waals surface area contributed by atoms with Crippen LogP contribution >= 0.6 is 0 Å². The Bertz CT molecular complexity index is 697. The van der Waals surface area contributed by atoms with E-state index in [9.17, 15) is 13.5 Å². The molecule has 0 aliphatic heterocycles. The number of sulfonamides is 1. The van der Waals surface area contributed by atoms with Crippen molar-refractivity contribution in [2.45, 2.75) is 11.8 Å². The Balaban J connectivity index is 2.47. The smallest absolute Gasteiger partial charge is 0.264 e. The highest BCUT2D eigenvalue weighted by Gasteiger charge is 2.23. The van der Waals surface area contributed by atoms with Crippen LogP contribution in [0.3, 0.4) is 0 Å². The lowest BCUT2D eigenvalue weighted by molar-refractivity contribution is 0.475. The molecule has 6 heteroatoms. The SMILES string of the molecule is CCN(c1cccc(O)c1)S(=O)(=O)c1ccc(N)cc1. The largest absolute Gasteiger partial charge is 0.508 e. The molecule has 0 atom stereocenters. The second-order valence-corrected chi connectivity index (χ2v) is 6.12. The van der Waals surface area contributed by atoms with Gasteiger partial charge >= 0.3 is 0 Å². The van der Waals surface area contributed by atoms with E-state index in [1.807, 2.05) is 0 Å². The zero-order chi connectivity index (χ0) is 14.8. The number of nitrogens with zero attached hydrogens (tertiary/aromatic N) is 1. The molecule has 0 fully saturated rings. The Kier molecular flexibility index (Phi) is 3.85. The van der Waals surface area contributed by atoms with Gasteiger partial charge in [0.05, 0.1) is 10.6 Å². The molecule has 0 bridgehead atoms. The number of phenols is 1. The fraction of sp³-hybridized carbons (Fsp3) is 0.143. The highest BCUT2D eigenvalue weighted by molar-refractivity contribution is 7.92. The quantitative estimate of drug-likeness (QED) is 0.846. The number of nitrogens with two attached hydrogens (primary N) is 1. The maximum atomic E-state index is 12.6. The summed E-state index contributed by atoms with van der Waals surface area (Å²) < 4.78 is 26.4. The Morgan fingerprint density at radius 2 is 1.80 bits per heavy atom. The van der Waals surface area contributed by atoms with Crippen molar-refractivity contribution >= 4 is 21.4 Å². The van der Waals surface area contributed by atoms with E-state index in [0.29, 0.717) is 11.4 Å². The second-order valence-electron chi connectivity index (χ2n) is 4.26. The first-order chi connectivity index (χ1) is 9.45. The normalized spacial score (nSPS) is 11.2. The third-order valence-corrected chi connectivity index (χ3v) is 4.79. The average Bonchev–Trinajstić information content (AvgIpc) is 2.40. The van der Waals surface area contributed by atoms with E-state index in [-0.39, 0.29) is 17.2 Å². The number of phenolic OH excluding ortho intramolecular Hbond substituents is 1. The third kappa shape index (κ3) is 2.70. The van der Waals surface area contributed by atoms with Gasteiger partial charge in [0.25, 0.3) is 10.0 Å². The number of rotatable bonds is 4. The number of anilines is 2. The van der Waals surface area contributed by atoms with Crippen molar-refractivity contribution in [1.29, 1.82) is 0 Å². The predicted octanol–water partition coefficient (Wildman–Crippen LogP) is 2.19. The molecule has 0 aliphatic rings. The Hall–Kier alpha value is -2.21. The van der Waals surface area contributed by atoms with E-state index < -0.39 is 10.0 Å². The predicted molar refractivity (Wildman–Crippen MR) is 79.2 cm³/mol. The molecule has 0 heterocycles. The first-order valence-electron chi connectivity index (χ1n) is 6.12. The van der Waals surface area contributed by atoms with Crippen LogP contribution in [0.5, 0.6) is 5.75 Å². The van der Waals surface area contributed by atoms with Gasteiger partial charge in [-0.15, -0.1) is 0 Å². The average molecular weight is 292 g/mol. The Morgan fingerprint density at radius 3 is 2.35 bits per heavy atom. The van der Waals surface area contributed by atoms with Gasteiger partial charge in [-0.1, -0.05) is 6.07 Å². The van der Waals surface area contributed by atoms with Crippen LogP contribution in [0.4, 0.5) is 11.4 Å². The van der Waals surface area contributed by atoms with Gasteiger partial charge in [0, 0.05) is 18.3 Å². The van der Waals surface area contributed by atoms with Crippen molar-refractivity contribution in [1.82, 2.24) is 0 Å². The molecule has 20 heavy (non-hydrogen) atoms. The summed E-state index contributed by atoms with van der Waals surface area (Å²) in [6.45, 7) is 2.00. The van der Waals surface area contributed by atoms with Crippen LogP contribution in [0.1, 0.15) is 6.92 Å². The number of hydrogen-bond acceptors (Lipinski definition) is 4. The fourth-order valence-electron chi connectivity index (χ4n) is 1.91. The first kappa shape index (κ1) is 14.2. The lowest BCUT2D eigenvalue weighted by atomic mass is 10.3. The molecule has 0 unspecified atom stereocenters. The molecule has 0 amide bonds. The highest BCUT2D eigenvalue weighted by atomic mass is 32.2. The summed E-state index contributed by atoms with van der Waals surface area (Å²) in [5, 5.41) is 9.49. The van der Waals surface area contributed by atoms with E-state index in [0.717, 1.165) is 0 Å². The topological polar surface area (TPSA) is 83.6 Å². The third-order valence-electron chi connectivity index (χ3n) is 2.87. The van der Waals surface area contributed by atoms with Crippen molar-refractivity contribution in [2.75, 3.05) is 16.6 Å². The van der Waals surface area contributed by atoms with E-state index >= 15 is 0 Å². The minimum atomic E-state index is -3.67. The monoisotopic (exact) mass is 292 g/mol. The van der Waals surface area contributed by atoms with Crippen LogP contribution in [0.15, 0.2) is 53.4 Å². The minimum absolute atomic E-state index is 0.0217. The zero-order valence-electron chi connectivity index (χ0n) is 11.0. The molecule has 106 valence electrons. The molecule has 2 rings (SSSR count). The molecular formula is C14H16N2O3S. The zero-order valence-corrected chi connectivity index (χ0v) is 11.8. The van der Waals surface area contributed by atoms with Crippen LogP contribution in [0, 0.1) is 0 Å². The minimum Gasteiger partial charge on any atom is -0.508 e. The van der Waals surface area contributed by atoms with Gasteiger partial charge in [0.15, 0.2) is 0 Å². The van der Waals surface area contributed by atoms with Gasteiger partial charge in [-0.2, -0.15) is 0 Å². The summed E-state index contributed by atoms with van der Waals surface area (Å²) in [5.74, 6) is 0.0217. The van der Waals surface area contributed by atoms with Crippen molar-refractivity contribution in [3.05, 3.63) is 48.5 Å².